The molecular formula is C26H27F9N2O2. The summed E-state index contributed by atoms with van der Waals surface area (Å²) in [7, 11) is 0. The third-order valence-corrected chi connectivity index (χ3v) is 6.85. The van der Waals surface area contributed by atoms with Crippen molar-refractivity contribution in [3.8, 4) is 17.1 Å². The van der Waals surface area contributed by atoms with Crippen LogP contribution in [0.25, 0.3) is 11.4 Å². The summed E-state index contributed by atoms with van der Waals surface area (Å²) in [4.78, 5) is 21.1. The number of nitrogens with zero attached hydrogens (tertiary/aromatic N) is 2. The number of carbonyl (C=O) groups excluding carboxylic acids is 1. The summed E-state index contributed by atoms with van der Waals surface area (Å²) in [6.45, 7) is 2.11. The molecule has 0 atom stereocenters. The van der Waals surface area contributed by atoms with E-state index in [1.807, 2.05) is 0 Å². The van der Waals surface area contributed by atoms with Crippen LogP contribution >= 0.6 is 0 Å². The van der Waals surface area contributed by atoms with Crippen molar-refractivity contribution in [2.75, 3.05) is 0 Å². The molecule has 0 saturated heterocycles. The van der Waals surface area contributed by atoms with Crippen LogP contribution in [-0.4, -0.2) is 39.9 Å². The predicted octanol–water partition coefficient (Wildman–Crippen LogP) is 8.06. The maximum Gasteiger partial charge on any atom is 0.460 e. The fourth-order valence-corrected chi connectivity index (χ4v) is 4.42. The van der Waals surface area contributed by atoms with Gasteiger partial charge in [0, 0.05) is 23.9 Å². The zero-order chi connectivity index (χ0) is 29.1. The molecular weight excluding hydrogens is 543 g/mol. The molecule has 216 valence electrons. The van der Waals surface area contributed by atoms with E-state index in [2.05, 4.69) is 16.9 Å². The van der Waals surface area contributed by atoms with Crippen molar-refractivity contribution in [1.29, 1.82) is 0 Å². The first-order valence-corrected chi connectivity index (χ1v) is 12.4. The lowest BCUT2D eigenvalue weighted by Crippen LogP contribution is -2.63. The molecule has 1 saturated carbocycles. The van der Waals surface area contributed by atoms with Gasteiger partial charge in [0.1, 0.15) is 5.75 Å². The third-order valence-electron chi connectivity index (χ3n) is 6.85. The lowest BCUT2D eigenvalue weighted by atomic mass is 9.76. The maximum atomic E-state index is 14.2. The van der Waals surface area contributed by atoms with Crippen molar-refractivity contribution in [1.82, 2.24) is 9.97 Å². The van der Waals surface area contributed by atoms with Crippen LogP contribution in [0, 0.1) is 11.8 Å². The van der Waals surface area contributed by atoms with E-state index in [-0.39, 0.29) is 5.75 Å². The van der Waals surface area contributed by atoms with Crippen LogP contribution in [0.5, 0.6) is 5.75 Å². The number of hydrogen-bond donors (Lipinski definition) is 0. The number of unbranched alkanes of at least 4 members (excludes halogenated alkanes) is 2. The zero-order valence-corrected chi connectivity index (χ0v) is 20.9. The molecule has 13 heteroatoms. The van der Waals surface area contributed by atoms with Crippen molar-refractivity contribution in [3.05, 3.63) is 42.2 Å². The summed E-state index contributed by atoms with van der Waals surface area (Å²) in [6, 6.07) is 6.08. The summed E-state index contributed by atoms with van der Waals surface area (Å²) in [6.07, 6.45) is -1.91. The molecule has 0 spiro atoms. The Hall–Kier alpha value is -2.86. The molecule has 39 heavy (non-hydrogen) atoms. The number of halogens is 9. The second-order valence-electron chi connectivity index (χ2n) is 9.64. The minimum Gasteiger partial charge on any atom is -0.426 e. The number of carbonyl (C=O) groups is 1. The van der Waals surface area contributed by atoms with Crippen molar-refractivity contribution < 1.29 is 49.0 Å². The van der Waals surface area contributed by atoms with Crippen molar-refractivity contribution in [2.45, 2.75) is 82.2 Å². The highest BCUT2D eigenvalue weighted by molar-refractivity contribution is 5.75. The Kier molecular flexibility index (Phi) is 9.21. The highest BCUT2D eigenvalue weighted by atomic mass is 19.4. The molecule has 4 nitrogen and oxygen atoms in total. The molecule has 0 unspecified atom stereocenters. The molecule has 0 radical (unpaired) electrons. The van der Waals surface area contributed by atoms with Gasteiger partial charge in [-0.05, 0) is 68.4 Å². The first-order chi connectivity index (χ1) is 18.1. The van der Waals surface area contributed by atoms with Gasteiger partial charge >= 0.3 is 29.9 Å². The smallest absolute Gasteiger partial charge is 0.426 e. The van der Waals surface area contributed by atoms with Crippen LogP contribution in [0.2, 0.25) is 0 Å². The number of esters is 1. The van der Waals surface area contributed by atoms with Gasteiger partial charge in [0.15, 0.2) is 5.82 Å². The van der Waals surface area contributed by atoms with Crippen molar-refractivity contribution in [2.24, 2.45) is 11.8 Å². The Balaban J connectivity index is 1.56. The molecule has 1 aliphatic carbocycles. The van der Waals surface area contributed by atoms with Crippen molar-refractivity contribution >= 4 is 5.97 Å². The van der Waals surface area contributed by atoms with Gasteiger partial charge in [0.25, 0.3) is 0 Å². The standard InChI is InChI=1S/C26H27F9N2O2/c1-2-3-4-5-16-14-36-21(37-15-16)17-8-12-20(13-9-17)39-22(38)18-6-10-19(11-7-18)23(27,28)24(29,30)25(31,32)26(33,34)35/h8-9,12-15,18-19H,2-7,10-11H2,1H3. The SMILES string of the molecule is CCCCCc1cnc(-c2ccc(OC(=O)C3CCC(C(F)(F)C(F)(F)C(F)(F)C(F)(F)F)CC3)cc2)nc1. The van der Waals surface area contributed by atoms with Crippen LogP contribution in [0.1, 0.15) is 57.4 Å². The summed E-state index contributed by atoms with van der Waals surface area (Å²) >= 11 is 0. The number of hydrogen-bond acceptors (Lipinski definition) is 4. The van der Waals surface area contributed by atoms with Crippen LogP contribution in [-0.2, 0) is 11.2 Å². The third kappa shape index (κ3) is 6.49. The molecule has 0 bridgehead atoms. The van der Waals surface area contributed by atoms with Gasteiger partial charge in [0.2, 0.25) is 0 Å². The highest BCUT2D eigenvalue weighted by Gasteiger charge is 2.82. The molecule has 1 fully saturated rings. The minimum absolute atomic E-state index is 0.101. The largest absolute Gasteiger partial charge is 0.460 e. The van der Waals surface area contributed by atoms with Crippen LogP contribution in [0.15, 0.2) is 36.7 Å². The van der Waals surface area contributed by atoms with Gasteiger partial charge in [-0.2, -0.15) is 39.5 Å². The number of benzene rings is 1. The Bertz CT molecular complexity index is 1100. The Morgan fingerprint density at radius 2 is 1.41 bits per heavy atom. The summed E-state index contributed by atoms with van der Waals surface area (Å²) in [5.74, 6) is -23.0. The molecule has 1 aliphatic rings. The first-order valence-electron chi connectivity index (χ1n) is 12.4. The van der Waals surface area contributed by atoms with Gasteiger partial charge in [0.05, 0.1) is 5.92 Å². The quantitative estimate of drug-likeness (QED) is 0.126. The number of aryl methyl sites for hydroxylation is 1. The van der Waals surface area contributed by atoms with Gasteiger partial charge < -0.3 is 4.74 Å². The van der Waals surface area contributed by atoms with E-state index in [9.17, 15) is 44.3 Å². The van der Waals surface area contributed by atoms with E-state index in [4.69, 9.17) is 4.74 Å². The van der Waals surface area contributed by atoms with Gasteiger partial charge in [-0.1, -0.05) is 19.8 Å². The predicted molar refractivity (Wildman–Crippen MR) is 123 cm³/mol. The number of aromatic nitrogens is 2. The topological polar surface area (TPSA) is 52.1 Å². The summed E-state index contributed by atoms with van der Waals surface area (Å²) in [5.41, 5.74) is 1.64. The Morgan fingerprint density at radius 3 is 1.92 bits per heavy atom. The van der Waals surface area contributed by atoms with E-state index in [0.717, 1.165) is 31.2 Å². The average molecular weight is 570 g/mol. The molecule has 1 aromatic heterocycles. The molecule has 0 amide bonds. The van der Waals surface area contributed by atoms with Crippen LogP contribution < -0.4 is 4.74 Å². The lowest BCUT2D eigenvalue weighted by molar-refractivity contribution is -0.404. The molecule has 3 rings (SSSR count). The number of alkyl halides is 9. The molecule has 0 N–H and O–H groups in total. The maximum absolute atomic E-state index is 14.2. The van der Waals surface area contributed by atoms with E-state index < -0.39 is 67.4 Å². The van der Waals surface area contributed by atoms with E-state index in [1.54, 1.807) is 24.5 Å². The van der Waals surface area contributed by atoms with Crippen LogP contribution in [0.3, 0.4) is 0 Å². The summed E-state index contributed by atoms with van der Waals surface area (Å²) < 4.78 is 125. The fourth-order valence-electron chi connectivity index (χ4n) is 4.42. The average Bonchev–Trinajstić information content (AvgIpc) is 2.89. The normalized spacial score (nSPS) is 19.1. The molecule has 1 aromatic carbocycles. The Labute approximate surface area is 219 Å². The summed E-state index contributed by atoms with van der Waals surface area (Å²) in [5, 5.41) is 0. The van der Waals surface area contributed by atoms with Crippen molar-refractivity contribution in [3.63, 3.8) is 0 Å². The fraction of sp³-hybridized carbons (Fsp3) is 0.577. The van der Waals surface area contributed by atoms with Gasteiger partial charge in [-0.15, -0.1) is 0 Å². The van der Waals surface area contributed by atoms with Gasteiger partial charge in [-0.25, -0.2) is 9.97 Å². The van der Waals surface area contributed by atoms with Crippen LogP contribution in [0.4, 0.5) is 39.5 Å². The molecule has 1 heterocycles. The molecule has 2 aromatic rings. The van der Waals surface area contributed by atoms with E-state index in [1.165, 1.54) is 12.1 Å². The first kappa shape index (κ1) is 30.7. The zero-order valence-electron chi connectivity index (χ0n) is 20.9. The lowest BCUT2D eigenvalue weighted by Gasteiger charge is -2.39. The number of ether oxygens (including phenoxy) is 1. The second-order valence-corrected chi connectivity index (χ2v) is 9.64. The minimum atomic E-state index is -6.92. The molecule has 0 aliphatic heterocycles. The Morgan fingerprint density at radius 1 is 0.846 bits per heavy atom. The van der Waals surface area contributed by atoms with E-state index in [0.29, 0.717) is 11.4 Å². The monoisotopic (exact) mass is 570 g/mol. The second kappa shape index (κ2) is 11.7. The number of rotatable bonds is 10. The highest BCUT2D eigenvalue weighted by Crippen LogP contribution is 2.57. The van der Waals surface area contributed by atoms with Gasteiger partial charge in [-0.3, -0.25) is 4.79 Å². The van der Waals surface area contributed by atoms with E-state index >= 15 is 0 Å².